The van der Waals surface area contributed by atoms with Gasteiger partial charge in [0.15, 0.2) is 0 Å². The van der Waals surface area contributed by atoms with Gasteiger partial charge in [0.25, 0.3) is 11.1 Å². The minimum Gasteiger partial charge on any atom is -0.340 e. The highest BCUT2D eigenvalue weighted by atomic mass is 35.5. The van der Waals surface area contributed by atoms with Gasteiger partial charge in [0.05, 0.1) is 10.8 Å². The van der Waals surface area contributed by atoms with Crippen LogP contribution >= 0.6 is 11.6 Å². The van der Waals surface area contributed by atoms with Gasteiger partial charge in [-0.05, 0) is 23.8 Å². The van der Waals surface area contributed by atoms with Crippen molar-refractivity contribution in [1.29, 1.82) is 0 Å². The average molecular weight is 358 g/mol. The van der Waals surface area contributed by atoms with Crippen molar-refractivity contribution < 1.29 is 4.79 Å². The number of likely N-dealkylation sites (N-methyl/N-ethyl adjacent to an activating group) is 1. The van der Waals surface area contributed by atoms with Crippen molar-refractivity contribution in [2.75, 3.05) is 7.05 Å². The third-order valence-corrected chi connectivity index (χ3v) is 4.34. The number of aromatic amines is 1. The van der Waals surface area contributed by atoms with Gasteiger partial charge in [-0.3, -0.25) is 19.5 Å². The van der Waals surface area contributed by atoms with Gasteiger partial charge in [-0.25, -0.2) is 4.68 Å². The van der Waals surface area contributed by atoms with Crippen molar-refractivity contribution in [3.8, 4) is 0 Å². The van der Waals surface area contributed by atoms with E-state index in [0.29, 0.717) is 17.0 Å². The number of rotatable bonds is 4. The van der Waals surface area contributed by atoms with E-state index in [1.807, 2.05) is 18.2 Å². The van der Waals surface area contributed by atoms with Crippen molar-refractivity contribution in [1.82, 2.24) is 14.7 Å². The zero-order chi connectivity index (χ0) is 18.0. The monoisotopic (exact) mass is 357 g/mol. The summed E-state index contributed by atoms with van der Waals surface area (Å²) >= 11 is 6.10. The number of amides is 1. The third kappa shape index (κ3) is 3.49. The molecule has 1 amide bonds. The van der Waals surface area contributed by atoms with Crippen LogP contribution in [0.15, 0.2) is 58.1 Å². The van der Waals surface area contributed by atoms with Crippen LogP contribution in [-0.4, -0.2) is 27.6 Å². The molecule has 0 aliphatic rings. The van der Waals surface area contributed by atoms with E-state index in [4.69, 9.17) is 11.6 Å². The second kappa shape index (κ2) is 6.94. The first-order valence-electron chi connectivity index (χ1n) is 7.66. The van der Waals surface area contributed by atoms with Crippen molar-refractivity contribution in [2.45, 2.75) is 13.1 Å². The maximum Gasteiger partial charge on any atom is 0.273 e. The Morgan fingerprint density at radius 1 is 1.08 bits per heavy atom. The van der Waals surface area contributed by atoms with Crippen LogP contribution in [0.25, 0.3) is 10.8 Å². The first kappa shape index (κ1) is 17.0. The second-order valence-electron chi connectivity index (χ2n) is 5.72. The standard InChI is InChI=1S/C18H16ClN3O3/c1-21(10-12-6-2-5-9-15(12)19)16(23)11-22-18(25)14-8-4-3-7-13(14)17(24)20-22/h2-9H,10-11H2,1H3,(H,20,24). The Bertz CT molecular complexity index is 1060. The predicted molar refractivity (Wildman–Crippen MR) is 96.8 cm³/mol. The average Bonchev–Trinajstić information content (AvgIpc) is 2.61. The quantitative estimate of drug-likeness (QED) is 0.776. The van der Waals surface area contributed by atoms with E-state index >= 15 is 0 Å². The number of nitrogens with zero attached hydrogens (tertiary/aromatic N) is 2. The zero-order valence-corrected chi connectivity index (χ0v) is 14.3. The molecule has 0 aliphatic heterocycles. The van der Waals surface area contributed by atoms with Crippen LogP contribution in [0.1, 0.15) is 5.56 Å². The fraction of sp³-hybridized carbons (Fsp3) is 0.167. The summed E-state index contributed by atoms with van der Waals surface area (Å²) in [5.41, 5.74) is -0.00850. The molecular weight excluding hydrogens is 342 g/mol. The molecule has 0 atom stereocenters. The Balaban J connectivity index is 1.85. The number of fused-ring (bicyclic) bond motifs is 1. The van der Waals surface area contributed by atoms with E-state index in [0.717, 1.165) is 10.2 Å². The second-order valence-corrected chi connectivity index (χ2v) is 6.13. The number of halogens is 1. The lowest BCUT2D eigenvalue weighted by Gasteiger charge is -2.18. The number of hydrogen-bond donors (Lipinski definition) is 1. The lowest BCUT2D eigenvalue weighted by Crippen LogP contribution is -2.37. The van der Waals surface area contributed by atoms with Gasteiger partial charge in [-0.2, -0.15) is 0 Å². The minimum atomic E-state index is -0.408. The highest BCUT2D eigenvalue weighted by molar-refractivity contribution is 6.31. The Morgan fingerprint density at radius 3 is 2.44 bits per heavy atom. The van der Waals surface area contributed by atoms with Gasteiger partial charge < -0.3 is 4.90 Å². The van der Waals surface area contributed by atoms with Crippen LogP contribution in [0, 0.1) is 0 Å². The van der Waals surface area contributed by atoms with Crippen LogP contribution < -0.4 is 11.1 Å². The van der Waals surface area contributed by atoms with E-state index < -0.39 is 11.1 Å². The predicted octanol–water partition coefficient (Wildman–Crippen LogP) is 2.00. The molecular formula is C18H16ClN3O3. The smallest absolute Gasteiger partial charge is 0.273 e. The largest absolute Gasteiger partial charge is 0.340 e. The maximum atomic E-state index is 12.5. The fourth-order valence-corrected chi connectivity index (χ4v) is 2.78. The Labute approximate surface area is 148 Å². The highest BCUT2D eigenvalue weighted by Crippen LogP contribution is 2.16. The van der Waals surface area contributed by atoms with Crippen LogP contribution in [0.4, 0.5) is 0 Å². The van der Waals surface area contributed by atoms with Gasteiger partial charge in [0.2, 0.25) is 5.91 Å². The van der Waals surface area contributed by atoms with Crippen LogP contribution in [0.3, 0.4) is 0 Å². The van der Waals surface area contributed by atoms with Gasteiger partial charge >= 0.3 is 0 Å². The molecule has 3 aromatic rings. The molecule has 1 N–H and O–H groups in total. The Kier molecular flexibility index (Phi) is 4.72. The lowest BCUT2D eigenvalue weighted by atomic mass is 10.2. The number of carbonyl (C=O) groups is 1. The fourth-order valence-electron chi connectivity index (χ4n) is 2.58. The summed E-state index contributed by atoms with van der Waals surface area (Å²) in [5, 5.41) is 3.61. The Morgan fingerprint density at radius 2 is 1.72 bits per heavy atom. The number of carbonyl (C=O) groups excluding carboxylic acids is 1. The van der Waals surface area contributed by atoms with Gasteiger partial charge in [-0.15, -0.1) is 0 Å². The minimum absolute atomic E-state index is 0.250. The molecule has 2 aromatic carbocycles. The van der Waals surface area contributed by atoms with Gasteiger partial charge in [-0.1, -0.05) is 41.9 Å². The molecule has 7 heteroatoms. The van der Waals surface area contributed by atoms with Gasteiger partial charge in [0.1, 0.15) is 6.54 Å². The summed E-state index contributed by atoms with van der Waals surface area (Å²) in [7, 11) is 1.62. The topological polar surface area (TPSA) is 75.2 Å². The molecule has 3 rings (SSSR count). The molecule has 128 valence electrons. The molecule has 1 heterocycles. The summed E-state index contributed by atoms with van der Waals surface area (Å²) in [6.07, 6.45) is 0. The van der Waals surface area contributed by atoms with E-state index in [2.05, 4.69) is 5.10 Å². The first-order valence-corrected chi connectivity index (χ1v) is 8.04. The summed E-state index contributed by atoms with van der Waals surface area (Å²) < 4.78 is 1.04. The number of aromatic nitrogens is 2. The van der Waals surface area contributed by atoms with Crippen molar-refractivity contribution in [3.05, 3.63) is 79.8 Å². The first-order chi connectivity index (χ1) is 12.0. The molecule has 0 aliphatic carbocycles. The van der Waals surface area contributed by atoms with Crippen LogP contribution in [0.2, 0.25) is 5.02 Å². The van der Waals surface area contributed by atoms with Crippen LogP contribution in [-0.2, 0) is 17.9 Å². The number of benzene rings is 2. The van der Waals surface area contributed by atoms with E-state index in [1.54, 1.807) is 37.4 Å². The molecule has 0 unspecified atom stereocenters. The van der Waals surface area contributed by atoms with Crippen molar-refractivity contribution in [2.24, 2.45) is 0 Å². The van der Waals surface area contributed by atoms with E-state index in [-0.39, 0.29) is 17.8 Å². The number of H-pyrrole nitrogens is 1. The molecule has 0 saturated heterocycles. The zero-order valence-electron chi connectivity index (χ0n) is 13.5. The summed E-state index contributed by atoms with van der Waals surface area (Å²) in [6.45, 7) is 0.0604. The van der Waals surface area contributed by atoms with Crippen molar-refractivity contribution in [3.63, 3.8) is 0 Å². The number of nitrogens with one attached hydrogen (secondary N) is 1. The summed E-state index contributed by atoms with van der Waals surface area (Å²) in [5.74, 6) is -0.312. The van der Waals surface area contributed by atoms with E-state index in [9.17, 15) is 14.4 Å². The Hall–Kier alpha value is -2.86. The van der Waals surface area contributed by atoms with Crippen LogP contribution in [0.5, 0.6) is 0 Å². The molecule has 0 saturated carbocycles. The summed E-state index contributed by atoms with van der Waals surface area (Å²) in [6, 6.07) is 13.7. The van der Waals surface area contributed by atoms with E-state index in [1.165, 1.54) is 4.90 Å². The number of hydrogen-bond acceptors (Lipinski definition) is 3. The SMILES string of the molecule is CN(Cc1ccccc1Cl)C(=O)Cn1[nH]c(=O)c2ccccc2c1=O. The third-order valence-electron chi connectivity index (χ3n) is 3.97. The van der Waals surface area contributed by atoms with Gasteiger partial charge in [0, 0.05) is 18.6 Å². The molecule has 0 fully saturated rings. The molecule has 0 spiro atoms. The molecule has 25 heavy (non-hydrogen) atoms. The summed E-state index contributed by atoms with van der Waals surface area (Å²) in [4.78, 5) is 38.4. The molecule has 0 radical (unpaired) electrons. The maximum absolute atomic E-state index is 12.5. The van der Waals surface area contributed by atoms with Crippen molar-refractivity contribution >= 4 is 28.3 Å². The molecule has 6 nitrogen and oxygen atoms in total. The normalized spacial score (nSPS) is 10.8. The highest BCUT2D eigenvalue weighted by Gasteiger charge is 2.14. The lowest BCUT2D eigenvalue weighted by molar-refractivity contribution is -0.131. The molecule has 0 bridgehead atoms. The molecule has 1 aromatic heterocycles.